The Labute approximate surface area is 138 Å². The molecule has 0 bridgehead atoms. The van der Waals surface area contributed by atoms with Gasteiger partial charge < -0.3 is 11.1 Å². The Bertz CT molecular complexity index is 457. The molecule has 0 aromatic heterocycles. The van der Waals surface area contributed by atoms with Crippen molar-refractivity contribution in [1.29, 1.82) is 0 Å². The number of halogens is 1. The average molecular weight is 326 g/mol. The first-order valence-corrected chi connectivity index (χ1v) is 8.30. The summed E-state index contributed by atoms with van der Waals surface area (Å²) in [7, 11) is 0. The summed E-state index contributed by atoms with van der Waals surface area (Å²) in [5.41, 5.74) is 6.76. The van der Waals surface area contributed by atoms with Crippen LogP contribution in [0.3, 0.4) is 0 Å². The number of hydrogen-bond acceptors (Lipinski definition) is 1. The first-order chi connectivity index (χ1) is 10.1. The second-order valence-electron chi connectivity index (χ2n) is 5.06. The number of nitrogens with two attached hydrogens (primary N) is 1. The van der Waals surface area contributed by atoms with Crippen molar-refractivity contribution in [3.63, 3.8) is 0 Å². The molecule has 0 saturated carbocycles. The molecule has 0 aliphatic rings. The second kappa shape index (κ2) is 10.6. The molecule has 0 saturated heterocycles. The van der Waals surface area contributed by atoms with Crippen LogP contribution in [0.4, 0.5) is 5.69 Å². The van der Waals surface area contributed by atoms with E-state index in [9.17, 15) is 0 Å². The number of hydrogen-bond donors (Lipinski definition) is 2. The first-order valence-electron chi connectivity index (χ1n) is 7.51. The summed E-state index contributed by atoms with van der Waals surface area (Å²) in [6.07, 6.45) is 8.25. The minimum Gasteiger partial charge on any atom is -0.387 e. The number of amidine groups is 1. The summed E-state index contributed by atoms with van der Waals surface area (Å²) in [5, 5.41) is 4.11. The SMILES string of the molecule is CCCCCCCCC(N)=NC(=S)Nc1ccc(Cl)cc1. The lowest BCUT2D eigenvalue weighted by atomic mass is 10.1. The summed E-state index contributed by atoms with van der Waals surface area (Å²) in [6.45, 7) is 2.22. The van der Waals surface area contributed by atoms with Crippen LogP contribution in [0.25, 0.3) is 0 Å². The van der Waals surface area contributed by atoms with Crippen molar-refractivity contribution in [2.45, 2.75) is 51.9 Å². The van der Waals surface area contributed by atoms with Crippen LogP contribution in [0.2, 0.25) is 5.02 Å². The molecule has 0 spiro atoms. The molecule has 0 radical (unpaired) electrons. The van der Waals surface area contributed by atoms with Crippen LogP contribution in [-0.4, -0.2) is 10.9 Å². The largest absolute Gasteiger partial charge is 0.387 e. The van der Waals surface area contributed by atoms with Crippen LogP contribution < -0.4 is 11.1 Å². The van der Waals surface area contributed by atoms with Gasteiger partial charge in [0.15, 0.2) is 5.11 Å². The molecule has 116 valence electrons. The molecular formula is C16H24ClN3S. The lowest BCUT2D eigenvalue weighted by Gasteiger charge is -2.05. The quantitative estimate of drug-likeness (QED) is 0.301. The van der Waals surface area contributed by atoms with Crippen LogP contribution in [0, 0.1) is 0 Å². The van der Waals surface area contributed by atoms with Crippen molar-refractivity contribution < 1.29 is 0 Å². The van der Waals surface area contributed by atoms with Gasteiger partial charge in [-0.2, -0.15) is 0 Å². The van der Waals surface area contributed by atoms with Crippen molar-refractivity contribution in [2.75, 3.05) is 5.32 Å². The monoisotopic (exact) mass is 325 g/mol. The number of nitrogens with zero attached hydrogens (tertiary/aromatic N) is 1. The maximum atomic E-state index is 5.89. The van der Waals surface area contributed by atoms with Crippen LogP contribution in [0.1, 0.15) is 51.9 Å². The maximum Gasteiger partial charge on any atom is 0.198 e. The van der Waals surface area contributed by atoms with E-state index in [4.69, 9.17) is 29.6 Å². The third-order valence-corrected chi connectivity index (χ3v) is 3.57. The fourth-order valence-corrected chi connectivity index (χ4v) is 2.32. The van der Waals surface area contributed by atoms with Crippen LogP contribution in [0.5, 0.6) is 0 Å². The van der Waals surface area contributed by atoms with Gasteiger partial charge in [-0.1, -0.05) is 50.6 Å². The third kappa shape index (κ3) is 8.68. The molecule has 1 aromatic carbocycles. The molecule has 1 rings (SSSR count). The van der Waals surface area contributed by atoms with Crippen molar-refractivity contribution in [1.82, 2.24) is 0 Å². The molecule has 0 amide bonds. The fraction of sp³-hybridized carbons (Fsp3) is 0.500. The molecule has 0 unspecified atom stereocenters. The number of anilines is 1. The molecule has 0 atom stereocenters. The van der Waals surface area contributed by atoms with Gasteiger partial charge in [-0.25, -0.2) is 4.99 Å². The lowest BCUT2D eigenvalue weighted by molar-refractivity contribution is 0.615. The van der Waals surface area contributed by atoms with Crippen molar-refractivity contribution >= 4 is 40.5 Å². The van der Waals surface area contributed by atoms with E-state index < -0.39 is 0 Å². The molecular weight excluding hydrogens is 302 g/mol. The fourth-order valence-electron chi connectivity index (χ4n) is 1.96. The Kier molecular flexibility index (Phi) is 9.02. The number of rotatable bonds is 8. The molecule has 0 fully saturated rings. The minimum atomic E-state index is 0.390. The Morgan fingerprint density at radius 3 is 2.43 bits per heavy atom. The topological polar surface area (TPSA) is 50.4 Å². The summed E-state index contributed by atoms with van der Waals surface area (Å²) in [4.78, 5) is 4.21. The van der Waals surface area contributed by atoms with Gasteiger partial charge in [0.25, 0.3) is 0 Å². The van der Waals surface area contributed by atoms with Crippen molar-refractivity contribution in [3.05, 3.63) is 29.3 Å². The molecule has 0 heterocycles. The van der Waals surface area contributed by atoms with E-state index in [0.29, 0.717) is 16.0 Å². The van der Waals surface area contributed by atoms with Gasteiger partial charge in [-0.05, 0) is 42.9 Å². The highest BCUT2D eigenvalue weighted by Crippen LogP contribution is 2.13. The maximum absolute atomic E-state index is 5.89. The van der Waals surface area contributed by atoms with E-state index in [2.05, 4.69) is 17.2 Å². The summed E-state index contributed by atoms with van der Waals surface area (Å²) in [5.74, 6) is 0.594. The zero-order valence-electron chi connectivity index (χ0n) is 12.6. The van der Waals surface area contributed by atoms with Crippen molar-refractivity contribution in [3.8, 4) is 0 Å². The molecule has 21 heavy (non-hydrogen) atoms. The summed E-state index contributed by atoms with van der Waals surface area (Å²) in [6, 6.07) is 7.31. The van der Waals surface area contributed by atoms with Gasteiger partial charge in [0, 0.05) is 17.1 Å². The first kappa shape index (κ1) is 17.9. The lowest BCUT2D eigenvalue weighted by Crippen LogP contribution is -2.16. The van der Waals surface area contributed by atoms with E-state index in [0.717, 1.165) is 18.5 Å². The smallest absolute Gasteiger partial charge is 0.198 e. The van der Waals surface area contributed by atoms with Gasteiger partial charge in [-0.15, -0.1) is 0 Å². The third-order valence-electron chi connectivity index (χ3n) is 3.13. The van der Waals surface area contributed by atoms with Crippen LogP contribution in [0.15, 0.2) is 29.3 Å². The predicted molar refractivity (Wildman–Crippen MR) is 97.3 cm³/mol. The molecule has 3 nitrogen and oxygen atoms in total. The van der Waals surface area contributed by atoms with Gasteiger partial charge in [0.05, 0.1) is 0 Å². The van der Waals surface area contributed by atoms with Crippen LogP contribution in [-0.2, 0) is 0 Å². The Hall–Kier alpha value is -1.13. The Morgan fingerprint density at radius 2 is 1.76 bits per heavy atom. The van der Waals surface area contributed by atoms with Gasteiger partial charge in [0.1, 0.15) is 5.84 Å². The van der Waals surface area contributed by atoms with E-state index in [-0.39, 0.29) is 0 Å². The summed E-state index contributed by atoms with van der Waals surface area (Å²) < 4.78 is 0. The number of unbranched alkanes of at least 4 members (excludes halogenated alkanes) is 5. The van der Waals surface area contributed by atoms with Gasteiger partial charge in [0.2, 0.25) is 0 Å². The zero-order valence-corrected chi connectivity index (χ0v) is 14.1. The molecule has 5 heteroatoms. The second-order valence-corrected chi connectivity index (χ2v) is 5.88. The zero-order chi connectivity index (χ0) is 15.5. The Balaban J connectivity index is 2.26. The molecule has 3 N–H and O–H groups in total. The van der Waals surface area contributed by atoms with E-state index in [1.54, 1.807) is 12.1 Å². The number of benzene rings is 1. The van der Waals surface area contributed by atoms with Crippen LogP contribution >= 0.6 is 23.8 Å². The highest BCUT2D eigenvalue weighted by atomic mass is 35.5. The van der Waals surface area contributed by atoms with E-state index in [1.165, 1.54) is 32.1 Å². The summed E-state index contributed by atoms with van der Waals surface area (Å²) >= 11 is 11.0. The highest BCUT2D eigenvalue weighted by molar-refractivity contribution is 7.80. The molecule has 0 aliphatic heterocycles. The molecule has 0 aliphatic carbocycles. The average Bonchev–Trinajstić information content (AvgIpc) is 2.45. The number of nitrogens with one attached hydrogen (secondary N) is 1. The number of aliphatic imine (C=N–C) groups is 1. The Morgan fingerprint density at radius 1 is 1.14 bits per heavy atom. The van der Waals surface area contributed by atoms with E-state index >= 15 is 0 Å². The van der Waals surface area contributed by atoms with E-state index in [1.807, 2.05) is 12.1 Å². The standard InChI is InChI=1S/C16H24ClN3S/c1-2-3-4-5-6-7-8-15(18)20-16(21)19-14-11-9-13(17)10-12-14/h9-12H,2-8H2,1H3,(H3,18,19,20,21). The van der Waals surface area contributed by atoms with Gasteiger partial charge >= 0.3 is 0 Å². The predicted octanol–water partition coefficient (Wildman–Crippen LogP) is 5.14. The van der Waals surface area contributed by atoms with Crippen molar-refractivity contribution in [2.24, 2.45) is 10.7 Å². The minimum absolute atomic E-state index is 0.390. The normalized spacial score (nSPS) is 11.4. The number of thiocarbonyl (C=S) groups is 1. The molecule has 1 aromatic rings. The van der Waals surface area contributed by atoms with Gasteiger partial charge in [-0.3, -0.25) is 0 Å². The highest BCUT2D eigenvalue weighted by Gasteiger charge is 1.99.